The number of hydrogen-bond acceptors (Lipinski definition) is 10. The molecule has 0 unspecified atom stereocenters. The predicted molar refractivity (Wildman–Crippen MR) is 109 cm³/mol. The van der Waals surface area contributed by atoms with Crippen LogP contribution in [0.15, 0.2) is 58.3 Å². The first kappa shape index (κ1) is 25.2. The van der Waals surface area contributed by atoms with Gasteiger partial charge in [-0.05, 0) is 33.7 Å². The summed E-state index contributed by atoms with van der Waals surface area (Å²) in [5, 5.41) is 3.02. The van der Waals surface area contributed by atoms with Crippen LogP contribution in [0.25, 0.3) is 32.3 Å². The average molecular weight is 523 g/mol. The van der Waals surface area contributed by atoms with Crippen molar-refractivity contribution in [1.29, 1.82) is 0 Å². The summed E-state index contributed by atoms with van der Waals surface area (Å²) >= 11 is 0. The topological polar surface area (TPSA) is 211 Å². The average Bonchev–Trinajstić information content (AvgIpc) is 2.63. The molecule has 0 aliphatic rings. The first-order valence-corrected chi connectivity index (χ1v) is 12.7. The van der Waals surface area contributed by atoms with Gasteiger partial charge >= 0.3 is 21.2 Å². The van der Waals surface area contributed by atoms with Gasteiger partial charge in [0.2, 0.25) is 0 Å². The summed E-state index contributed by atoms with van der Waals surface area (Å²) < 4.78 is 116. The molecule has 12 nitrogen and oxygen atoms in total. The minimum absolute atomic E-state index is 0.248. The second-order valence-corrected chi connectivity index (χ2v) is 9.50. The van der Waals surface area contributed by atoms with Crippen LogP contribution >= 0.6 is 0 Å². The molecular formula is C16H10O12S4. The van der Waals surface area contributed by atoms with Gasteiger partial charge in [-0.1, -0.05) is 36.4 Å². The van der Waals surface area contributed by atoms with Crippen molar-refractivity contribution in [3.8, 4) is 0 Å². The molecule has 0 saturated carbocycles. The van der Waals surface area contributed by atoms with Crippen LogP contribution in [0.5, 0.6) is 0 Å². The number of hydrogen-bond donors (Lipinski definition) is 2. The fraction of sp³-hybridized carbons (Fsp3) is 0. The summed E-state index contributed by atoms with van der Waals surface area (Å²) in [5.74, 6) is 0. The number of rotatable bonds is 2. The van der Waals surface area contributed by atoms with E-state index in [2.05, 4.69) is 0 Å². The minimum atomic E-state index is -4.43. The molecule has 4 aromatic carbocycles. The van der Waals surface area contributed by atoms with Crippen molar-refractivity contribution >= 4 is 73.8 Å². The lowest BCUT2D eigenvalue weighted by molar-refractivity contribution is 0.482. The third-order valence-electron chi connectivity index (χ3n) is 4.14. The van der Waals surface area contributed by atoms with E-state index < -0.39 is 41.5 Å². The Morgan fingerprint density at radius 2 is 0.750 bits per heavy atom. The zero-order valence-corrected chi connectivity index (χ0v) is 18.5. The van der Waals surface area contributed by atoms with Crippen molar-refractivity contribution in [2.24, 2.45) is 0 Å². The predicted octanol–water partition coefficient (Wildman–Crippen LogP) is 1.07. The fourth-order valence-electron chi connectivity index (χ4n) is 3.20. The molecule has 16 heteroatoms. The lowest BCUT2D eigenvalue weighted by atomic mass is 9.94. The monoisotopic (exact) mass is 522 g/mol. The standard InChI is InChI=1S/C16H10O6S2.2O3S/c17-23(18,19)13-7-3-9-1-2-10-4-8-14(24(20,21)22)12-6-5-11(13)15(9)16(10)12;2*1-4(2)3/h1-8H,(H,17,18,19)(H,20,21,22);;. The van der Waals surface area contributed by atoms with Crippen LogP contribution in [-0.2, 0) is 41.5 Å². The molecule has 0 fully saturated rings. The minimum Gasteiger partial charge on any atom is -0.282 e. The largest absolute Gasteiger partial charge is 0.425 e. The van der Waals surface area contributed by atoms with Crippen molar-refractivity contribution < 1.29 is 51.2 Å². The first-order valence-electron chi connectivity index (χ1n) is 7.83. The van der Waals surface area contributed by atoms with E-state index in [-0.39, 0.29) is 9.79 Å². The van der Waals surface area contributed by atoms with Crippen LogP contribution in [0, 0.1) is 0 Å². The van der Waals surface area contributed by atoms with Crippen molar-refractivity contribution in [2.45, 2.75) is 9.79 Å². The molecule has 4 rings (SSSR count). The quantitative estimate of drug-likeness (QED) is 0.279. The lowest BCUT2D eigenvalue weighted by Gasteiger charge is -2.14. The van der Waals surface area contributed by atoms with Gasteiger partial charge in [-0.15, -0.1) is 25.3 Å². The van der Waals surface area contributed by atoms with E-state index in [0.717, 1.165) is 0 Å². The lowest BCUT2D eigenvalue weighted by Crippen LogP contribution is -2.02. The van der Waals surface area contributed by atoms with Crippen LogP contribution in [0.1, 0.15) is 0 Å². The molecular weight excluding hydrogens is 512 g/mol. The molecule has 0 aliphatic heterocycles. The van der Waals surface area contributed by atoms with Crippen molar-refractivity contribution in [2.75, 3.05) is 0 Å². The molecule has 0 aromatic heterocycles. The Morgan fingerprint density at radius 1 is 0.500 bits per heavy atom. The second-order valence-electron chi connectivity index (χ2n) is 5.91. The molecule has 0 amide bonds. The van der Waals surface area contributed by atoms with E-state index in [1.54, 1.807) is 24.3 Å². The second kappa shape index (κ2) is 9.23. The number of benzene rings is 4. The molecule has 0 aliphatic carbocycles. The first-order chi connectivity index (χ1) is 14.6. The Hall–Kier alpha value is -3.02. The van der Waals surface area contributed by atoms with Crippen molar-refractivity contribution in [1.82, 2.24) is 0 Å². The van der Waals surface area contributed by atoms with E-state index in [4.69, 9.17) is 25.3 Å². The van der Waals surface area contributed by atoms with Gasteiger partial charge in [0.25, 0.3) is 20.2 Å². The zero-order chi connectivity index (χ0) is 24.4. The third kappa shape index (κ3) is 5.61. The smallest absolute Gasteiger partial charge is 0.282 e. The highest BCUT2D eigenvalue weighted by molar-refractivity contribution is 7.86. The zero-order valence-electron chi connectivity index (χ0n) is 15.2. The van der Waals surface area contributed by atoms with E-state index in [1.165, 1.54) is 24.3 Å². The Morgan fingerprint density at radius 3 is 1.00 bits per heavy atom. The van der Waals surface area contributed by atoms with Gasteiger partial charge in [0.05, 0.1) is 0 Å². The molecule has 170 valence electrons. The van der Waals surface area contributed by atoms with Crippen molar-refractivity contribution in [3.63, 3.8) is 0 Å². The maximum Gasteiger partial charge on any atom is 0.425 e. The van der Waals surface area contributed by atoms with Gasteiger partial charge in [0, 0.05) is 10.8 Å². The van der Waals surface area contributed by atoms with Crippen LogP contribution in [-0.4, -0.2) is 51.2 Å². The normalized spacial score (nSPS) is 11.4. The summed E-state index contributed by atoms with van der Waals surface area (Å²) in [6.07, 6.45) is 0. The van der Waals surface area contributed by atoms with Gasteiger partial charge in [-0.25, -0.2) is 0 Å². The SMILES string of the molecule is O=S(=O)(O)c1ccc2ccc3ccc(S(=O)(=O)O)c4ccc1c2c34.O=S(=O)=O.O=S(=O)=O. The van der Waals surface area contributed by atoms with Crippen molar-refractivity contribution in [3.05, 3.63) is 48.5 Å². The maximum atomic E-state index is 11.6. The molecule has 32 heavy (non-hydrogen) atoms. The van der Waals surface area contributed by atoms with E-state index >= 15 is 0 Å². The van der Waals surface area contributed by atoms with Gasteiger partial charge in [-0.2, -0.15) is 16.8 Å². The molecule has 4 aromatic rings. The molecule has 0 spiro atoms. The highest BCUT2D eigenvalue weighted by Gasteiger charge is 2.21. The highest BCUT2D eigenvalue weighted by atomic mass is 32.2. The molecule has 0 bridgehead atoms. The van der Waals surface area contributed by atoms with Gasteiger partial charge in [0.1, 0.15) is 9.79 Å². The van der Waals surface area contributed by atoms with Crippen LogP contribution in [0.2, 0.25) is 0 Å². The molecule has 2 N–H and O–H groups in total. The summed E-state index contributed by atoms with van der Waals surface area (Å²) in [6.45, 7) is 0. The van der Waals surface area contributed by atoms with Gasteiger partial charge < -0.3 is 0 Å². The van der Waals surface area contributed by atoms with E-state index in [0.29, 0.717) is 32.3 Å². The summed E-state index contributed by atoms with van der Waals surface area (Å²) in [6, 6.07) is 12.1. The molecule has 0 atom stereocenters. The Labute approximate surface area is 183 Å². The van der Waals surface area contributed by atoms with E-state index in [1.807, 2.05) is 0 Å². The Kier molecular flexibility index (Phi) is 7.28. The van der Waals surface area contributed by atoms with E-state index in [9.17, 15) is 25.9 Å². The summed E-state index contributed by atoms with van der Waals surface area (Å²) in [4.78, 5) is -0.497. The van der Waals surface area contributed by atoms with Crippen LogP contribution in [0.4, 0.5) is 0 Å². The summed E-state index contributed by atoms with van der Waals surface area (Å²) in [5.41, 5.74) is 0. The molecule has 0 radical (unpaired) electrons. The fourth-order valence-corrected chi connectivity index (χ4v) is 4.57. The summed E-state index contributed by atoms with van der Waals surface area (Å²) in [7, 11) is -15.1. The molecule has 0 heterocycles. The molecule has 0 saturated heterocycles. The third-order valence-corrected chi connectivity index (χ3v) is 5.96. The Balaban J connectivity index is 0.000000395. The maximum absolute atomic E-state index is 11.6. The van der Waals surface area contributed by atoms with Crippen LogP contribution in [0.3, 0.4) is 0 Å². The Bertz CT molecular complexity index is 1630. The van der Waals surface area contributed by atoms with Gasteiger partial charge in [-0.3, -0.25) is 9.11 Å². The van der Waals surface area contributed by atoms with Gasteiger partial charge in [0.15, 0.2) is 0 Å². The van der Waals surface area contributed by atoms with Crippen LogP contribution < -0.4 is 0 Å². The highest BCUT2D eigenvalue weighted by Crippen LogP contribution is 2.39.